The van der Waals surface area contributed by atoms with Crippen LogP contribution in [0.25, 0.3) is 10.8 Å². The summed E-state index contributed by atoms with van der Waals surface area (Å²) in [6, 6.07) is 12.3. The standard InChI is InChI=1S/C20H24N2O5S/c1-14(15-7-8-15)21-19(23)13-27-20(24)12-22(2)28(25,26)18-10-9-16-5-3-4-6-17(16)11-18/h3-6,9-11,14-15H,7-8,12-13H2,1-2H3,(H,21,23)/t14-/m1/s1. The number of ether oxygens (including phenoxy) is 1. The minimum atomic E-state index is -3.85. The van der Waals surface area contributed by atoms with E-state index in [0.717, 1.165) is 27.9 Å². The van der Waals surface area contributed by atoms with Crippen LogP contribution >= 0.6 is 0 Å². The van der Waals surface area contributed by atoms with Crippen molar-refractivity contribution in [1.29, 1.82) is 0 Å². The third-order valence-corrected chi connectivity index (χ3v) is 6.66. The summed E-state index contributed by atoms with van der Waals surface area (Å²) in [5, 5.41) is 4.49. The van der Waals surface area contributed by atoms with Gasteiger partial charge < -0.3 is 10.1 Å². The predicted octanol–water partition coefficient (Wildman–Crippen LogP) is 1.92. The van der Waals surface area contributed by atoms with Crippen molar-refractivity contribution in [3.05, 3.63) is 42.5 Å². The van der Waals surface area contributed by atoms with Crippen LogP contribution in [0, 0.1) is 5.92 Å². The lowest BCUT2D eigenvalue weighted by atomic mass is 10.1. The fourth-order valence-electron chi connectivity index (χ4n) is 2.98. The molecule has 0 bridgehead atoms. The Morgan fingerprint density at radius 3 is 2.54 bits per heavy atom. The highest BCUT2D eigenvalue weighted by atomic mass is 32.2. The summed E-state index contributed by atoms with van der Waals surface area (Å²) in [4.78, 5) is 23.9. The second kappa shape index (κ2) is 8.28. The summed E-state index contributed by atoms with van der Waals surface area (Å²) in [6.07, 6.45) is 2.19. The van der Waals surface area contributed by atoms with E-state index in [1.165, 1.54) is 13.1 Å². The molecule has 0 heterocycles. The number of fused-ring (bicyclic) bond motifs is 1. The average Bonchev–Trinajstić information content (AvgIpc) is 3.51. The van der Waals surface area contributed by atoms with Gasteiger partial charge in [-0.1, -0.05) is 30.3 Å². The Kier molecular flexibility index (Phi) is 6.00. The zero-order valence-electron chi connectivity index (χ0n) is 15.9. The Balaban J connectivity index is 1.56. The molecule has 1 N–H and O–H groups in total. The molecule has 150 valence electrons. The quantitative estimate of drug-likeness (QED) is 0.679. The molecule has 8 heteroatoms. The van der Waals surface area contributed by atoms with Gasteiger partial charge in [-0.15, -0.1) is 0 Å². The number of hydrogen-bond donors (Lipinski definition) is 1. The van der Waals surface area contributed by atoms with Crippen LogP contribution in [0.2, 0.25) is 0 Å². The van der Waals surface area contributed by atoms with Gasteiger partial charge >= 0.3 is 5.97 Å². The highest BCUT2D eigenvalue weighted by Crippen LogP contribution is 2.32. The maximum atomic E-state index is 12.7. The summed E-state index contributed by atoms with van der Waals surface area (Å²) in [5.41, 5.74) is 0. The molecule has 0 aliphatic heterocycles. The molecule has 1 fully saturated rings. The van der Waals surface area contributed by atoms with Crippen molar-refractivity contribution >= 4 is 32.7 Å². The van der Waals surface area contributed by atoms with Gasteiger partial charge in [0.25, 0.3) is 5.91 Å². The van der Waals surface area contributed by atoms with Crippen LogP contribution in [0.4, 0.5) is 0 Å². The van der Waals surface area contributed by atoms with Crippen molar-refractivity contribution in [2.24, 2.45) is 5.92 Å². The number of benzene rings is 2. The number of carbonyl (C=O) groups is 2. The Hall–Kier alpha value is -2.45. The van der Waals surface area contributed by atoms with Gasteiger partial charge in [-0.05, 0) is 48.6 Å². The molecule has 0 radical (unpaired) electrons. The fourth-order valence-corrected chi connectivity index (χ4v) is 4.13. The predicted molar refractivity (Wildman–Crippen MR) is 105 cm³/mol. The normalized spacial score (nSPS) is 15.4. The molecule has 1 amide bonds. The van der Waals surface area contributed by atoms with E-state index in [-0.39, 0.29) is 16.8 Å². The molecule has 7 nitrogen and oxygen atoms in total. The number of nitrogens with one attached hydrogen (secondary N) is 1. The number of rotatable bonds is 8. The van der Waals surface area contributed by atoms with Crippen molar-refractivity contribution in [1.82, 2.24) is 9.62 Å². The molecule has 1 aliphatic carbocycles. The number of hydrogen-bond acceptors (Lipinski definition) is 5. The molecule has 2 aromatic rings. The van der Waals surface area contributed by atoms with Gasteiger partial charge in [0, 0.05) is 13.1 Å². The van der Waals surface area contributed by atoms with Crippen molar-refractivity contribution in [3.8, 4) is 0 Å². The molecule has 1 atom stereocenters. The van der Waals surface area contributed by atoms with E-state index in [4.69, 9.17) is 4.74 Å². The third-order valence-electron chi connectivity index (χ3n) is 4.86. The Labute approximate surface area is 164 Å². The number of sulfonamides is 1. The largest absolute Gasteiger partial charge is 0.455 e. The number of nitrogens with zero attached hydrogens (tertiary/aromatic N) is 1. The minimum absolute atomic E-state index is 0.0576. The van der Waals surface area contributed by atoms with E-state index in [9.17, 15) is 18.0 Å². The van der Waals surface area contributed by atoms with Gasteiger partial charge in [0.1, 0.15) is 6.54 Å². The average molecular weight is 404 g/mol. The van der Waals surface area contributed by atoms with E-state index < -0.39 is 29.1 Å². The van der Waals surface area contributed by atoms with Gasteiger partial charge in [0.15, 0.2) is 6.61 Å². The molecule has 28 heavy (non-hydrogen) atoms. The first kappa shape index (κ1) is 20.3. The van der Waals surface area contributed by atoms with E-state index in [1.807, 2.05) is 31.2 Å². The highest BCUT2D eigenvalue weighted by molar-refractivity contribution is 7.89. The smallest absolute Gasteiger partial charge is 0.321 e. The lowest BCUT2D eigenvalue weighted by Crippen LogP contribution is -2.38. The molecule has 0 unspecified atom stereocenters. The first-order valence-electron chi connectivity index (χ1n) is 9.17. The first-order chi connectivity index (χ1) is 13.3. The van der Waals surface area contributed by atoms with Crippen LogP contribution in [0.3, 0.4) is 0 Å². The summed E-state index contributed by atoms with van der Waals surface area (Å²) < 4.78 is 31.3. The lowest BCUT2D eigenvalue weighted by Gasteiger charge is -2.17. The number of amides is 1. The third kappa shape index (κ3) is 4.88. The van der Waals surface area contributed by atoms with E-state index >= 15 is 0 Å². The summed E-state index contributed by atoms with van der Waals surface area (Å²) in [5.74, 6) is -0.660. The monoisotopic (exact) mass is 404 g/mol. The van der Waals surface area contributed by atoms with Crippen LogP contribution in [-0.2, 0) is 24.3 Å². The second-order valence-corrected chi connectivity index (χ2v) is 9.17. The zero-order valence-corrected chi connectivity index (χ0v) is 16.7. The molecule has 2 aromatic carbocycles. The Morgan fingerprint density at radius 1 is 1.18 bits per heavy atom. The topological polar surface area (TPSA) is 92.8 Å². The molecule has 0 spiro atoms. The summed E-state index contributed by atoms with van der Waals surface area (Å²) in [7, 11) is -2.55. The summed E-state index contributed by atoms with van der Waals surface area (Å²) >= 11 is 0. The molecule has 1 saturated carbocycles. The maximum Gasteiger partial charge on any atom is 0.321 e. The number of esters is 1. The van der Waals surface area contributed by atoms with Crippen molar-refractivity contribution in [3.63, 3.8) is 0 Å². The zero-order chi connectivity index (χ0) is 20.3. The van der Waals surface area contributed by atoms with Crippen LogP contribution < -0.4 is 5.32 Å². The van der Waals surface area contributed by atoms with E-state index in [0.29, 0.717) is 5.92 Å². The Morgan fingerprint density at radius 2 is 1.86 bits per heavy atom. The molecular weight excluding hydrogens is 380 g/mol. The van der Waals surface area contributed by atoms with Gasteiger partial charge in [0.2, 0.25) is 10.0 Å². The van der Waals surface area contributed by atoms with Crippen molar-refractivity contribution < 1.29 is 22.7 Å². The maximum absolute atomic E-state index is 12.7. The van der Waals surface area contributed by atoms with Gasteiger partial charge in [-0.2, -0.15) is 4.31 Å². The molecule has 1 aliphatic rings. The van der Waals surface area contributed by atoms with E-state index in [1.54, 1.807) is 12.1 Å². The highest BCUT2D eigenvalue weighted by Gasteiger charge is 2.29. The SMILES string of the molecule is C[C@@H](NC(=O)COC(=O)CN(C)S(=O)(=O)c1ccc2ccccc2c1)C1CC1. The first-order valence-corrected chi connectivity index (χ1v) is 10.6. The Bertz CT molecular complexity index is 985. The summed E-state index contributed by atoms with van der Waals surface area (Å²) in [6.45, 7) is 1.03. The molecule has 3 rings (SSSR count). The minimum Gasteiger partial charge on any atom is -0.455 e. The second-order valence-electron chi connectivity index (χ2n) is 7.12. The van der Waals surface area contributed by atoms with Crippen molar-refractivity contribution in [2.75, 3.05) is 20.2 Å². The van der Waals surface area contributed by atoms with Crippen LogP contribution in [0.15, 0.2) is 47.4 Å². The van der Waals surface area contributed by atoms with Gasteiger partial charge in [0.05, 0.1) is 4.90 Å². The van der Waals surface area contributed by atoms with Gasteiger partial charge in [-0.25, -0.2) is 8.42 Å². The van der Waals surface area contributed by atoms with Crippen LogP contribution in [0.1, 0.15) is 19.8 Å². The van der Waals surface area contributed by atoms with E-state index in [2.05, 4.69) is 5.32 Å². The van der Waals surface area contributed by atoms with Crippen molar-refractivity contribution in [2.45, 2.75) is 30.7 Å². The molecule has 0 saturated heterocycles. The van der Waals surface area contributed by atoms with Crippen LogP contribution in [-0.4, -0.2) is 50.8 Å². The molecule has 0 aromatic heterocycles. The number of likely N-dealkylation sites (N-methyl/N-ethyl adjacent to an activating group) is 1. The van der Waals surface area contributed by atoms with Gasteiger partial charge in [-0.3, -0.25) is 9.59 Å². The lowest BCUT2D eigenvalue weighted by molar-refractivity contribution is -0.148. The number of carbonyl (C=O) groups excluding carboxylic acids is 2. The fraction of sp³-hybridized carbons (Fsp3) is 0.400. The van der Waals surface area contributed by atoms with Crippen LogP contribution in [0.5, 0.6) is 0 Å². The molecular formula is C20H24N2O5S.